The van der Waals surface area contributed by atoms with Crippen LogP contribution in [0.2, 0.25) is 0 Å². The molecule has 1 aromatic carbocycles. The number of fused-ring (bicyclic) bond motifs is 1. The zero-order valence-electron chi connectivity index (χ0n) is 16.1. The first-order chi connectivity index (χ1) is 13.6. The van der Waals surface area contributed by atoms with E-state index in [1.165, 1.54) is 0 Å². The molecule has 1 N–H and O–H groups in total. The highest BCUT2D eigenvalue weighted by Gasteiger charge is 2.23. The molecule has 1 saturated heterocycles. The van der Waals surface area contributed by atoms with Gasteiger partial charge in [-0.25, -0.2) is 9.97 Å². The Morgan fingerprint density at radius 1 is 1.14 bits per heavy atom. The second-order valence-electron chi connectivity index (χ2n) is 7.15. The van der Waals surface area contributed by atoms with Crippen LogP contribution in [0.25, 0.3) is 22.0 Å². The van der Waals surface area contributed by atoms with Gasteiger partial charge in [0.1, 0.15) is 5.75 Å². The maximum Gasteiger partial charge on any atom is 0.229 e. The van der Waals surface area contributed by atoms with Crippen LogP contribution in [0.5, 0.6) is 5.75 Å². The summed E-state index contributed by atoms with van der Waals surface area (Å²) in [5.74, 6) is 1.06. The van der Waals surface area contributed by atoms with Crippen molar-refractivity contribution < 1.29 is 9.53 Å². The van der Waals surface area contributed by atoms with Crippen LogP contribution in [-0.4, -0.2) is 53.0 Å². The van der Waals surface area contributed by atoms with E-state index in [0.717, 1.165) is 48.0 Å². The zero-order valence-corrected chi connectivity index (χ0v) is 16.1. The molecule has 0 saturated carbocycles. The minimum Gasteiger partial charge on any atom is -0.495 e. The first-order valence-corrected chi connectivity index (χ1v) is 9.38. The van der Waals surface area contributed by atoms with E-state index in [0.29, 0.717) is 11.7 Å². The topological polar surface area (TPSA) is 80.2 Å². The lowest BCUT2D eigenvalue weighted by Gasteiger charge is -2.27. The molecule has 1 aliphatic rings. The number of carbonyl (C=O) groups excluding carboxylic acids is 1. The van der Waals surface area contributed by atoms with Crippen molar-refractivity contribution in [3.8, 4) is 16.9 Å². The predicted octanol–water partition coefficient (Wildman–Crippen LogP) is 2.98. The summed E-state index contributed by atoms with van der Waals surface area (Å²) >= 11 is 0. The molecule has 1 aliphatic heterocycles. The van der Waals surface area contributed by atoms with Gasteiger partial charge in [-0.3, -0.25) is 15.1 Å². The van der Waals surface area contributed by atoms with Crippen LogP contribution in [0.4, 0.5) is 5.95 Å². The van der Waals surface area contributed by atoms with Crippen molar-refractivity contribution >= 4 is 22.8 Å². The van der Waals surface area contributed by atoms with Gasteiger partial charge in [0.05, 0.1) is 18.8 Å². The Bertz CT molecular complexity index is 999. The van der Waals surface area contributed by atoms with Gasteiger partial charge in [-0.1, -0.05) is 12.1 Å². The van der Waals surface area contributed by atoms with E-state index in [1.807, 2.05) is 24.3 Å². The molecule has 0 spiro atoms. The summed E-state index contributed by atoms with van der Waals surface area (Å²) in [5.41, 5.74) is 2.69. The molecule has 4 rings (SSSR count). The van der Waals surface area contributed by atoms with Crippen LogP contribution in [0.1, 0.15) is 12.8 Å². The molecule has 3 aromatic rings. The normalized spacial score (nSPS) is 15.5. The van der Waals surface area contributed by atoms with Crippen LogP contribution >= 0.6 is 0 Å². The largest absolute Gasteiger partial charge is 0.495 e. The van der Waals surface area contributed by atoms with Crippen LogP contribution < -0.4 is 10.1 Å². The quantitative estimate of drug-likeness (QED) is 0.753. The van der Waals surface area contributed by atoms with E-state index in [1.54, 1.807) is 25.7 Å². The lowest BCUT2D eigenvalue weighted by Crippen LogP contribution is -2.36. The minimum absolute atomic E-state index is 0.000556. The molecule has 2 aromatic heterocycles. The summed E-state index contributed by atoms with van der Waals surface area (Å²) in [6, 6.07) is 7.86. The number of anilines is 1. The van der Waals surface area contributed by atoms with E-state index in [2.05, 4.69) is 32.2 Å². The number of rotatable bonds is 4. The van der Waals surface area contributed by atoms with E-state index in [9.17, 15) is 4.79 Å². The Kier molecular flexibility index (Phi) is 5.16. The molecule has 0 unspecified atom stereocenters. The van der Waals surface area contributed by atoms with Crippen molar-refractivity contribution in [3.63, 3.8) is 0 Å². The summed E-state index contributed by atoms with van der Waals surface area (Å²) in [4.78, 5) is 27.8. The summed E-state index contributed by atoms with van der Waals surface area (Å²) in [7, 11) is 3.70. The number of amides is 1. The molecule has 0 atom stereocenters. The Morgan fingerprint density at radius 2 is 1.96 bits per heavy atom. The minimum atomic E-state index is 0.000556. The fraction of sp³-hybridized carbons (Fsp3) is 0.333. The lowest BCUT2D eigenvalue weighted by atomic mass is 9.96. The monoisotopic (exact) mass is 377 g/mol. The van der Waals surface area contributed by atoms with Crippen molar-refractivity contribution in [1.82, 2.24) is 19.9 Å². The average Bonchev–Trinajstić information content (AvgIpc) is 2.73. The molecular formula is C21H23N5O2. The highest BCUT2D eigenvalue weighted by Crippen LogP contribution is 2.26. The predicted molar refractivity (Wildman–Crippen MR) is 108 cm³/mol. The Balaban J connectivity index is 1.56. The maximum absolute atomic E-state index is 12.5. The molecule has 1 fully saturated rings. The van der Waals surface area contributed by atoms with Crippen LogP contribution in [0, 0.1) is 5.92 Å². The second-order valence-corrected chi connectivity index (χ2v) is 7.15. The molecule has 3 heterocycles. The molecule has 1 amide bonds. The van der Waals surface area contributed by atoms with Gasteiger partial charge in [0.2, 0.25) is 11.9 Å². The number of carbonyl (C=O) groups is 1. The highest BCUT2D eigenvalue weighted by molar-refractivity contribution is 5.92. The number of benzene rings is 1. The third kappa shape index (κ3) is 3.94. The number of likely N-dealkylation sites (tertiary alicyclic amines) is 1. The summed E-state index contributed by atoms with van der Waals surface area (Å²) < 4.78 is 5.25. The fourth-order valence-corrected chi connectivity index (χ4v) is 3.43. The number of hydrogen-bond donors (Lipinski definition) is 1. The molecular weight excluding hydrogens is 354 g/mol. The van der Waals surface area contributed by atoms with Crippen molar-refractivity contribution in [1.29, 1.82) is 0 Å². The van der Waals surface area contributed by atoms with Gasteiger partial charge in [0.25, 0.3) is 0 Å². The van der Waals surface area contributed by atoms with Gasteiger partial charge in [-0.15, -0.1) is 0 Å². The molecule has 144 valence electrons. The SMILES string of the molecule is COc1cncc(-c2ccc3cnc(NC(=O)C4CCN(C)CC4)nc3c2)c1. The van der Waals surface area contributed by atoms with E-state index >= 15 is 0 Å². The first kappa shape index (κ1) is 18.3. The van der Waals surface area contributed by atoms with Gasteiger partial charge in [-0.2, -0.15) is 0 Å². The van der Waals surface area contributed by atoms with E-state index < -0.39 is 0 Å². The maximum atomic E-state index is 12.5. The molecule has 0 aliphatic carbocycles. The van der Waals surface area contributed by atoms with Crippen molar-refractivity contribution in [2.24, 2.45) is 5.92 Å². The van der Waals surface area contributed by atoms with Gasteiger partial charge >= 0.3 is 0 Å². The molecule has 7 heteroatoms. The number of pyridine rings is 1. The smallest absolute Gasteiger partial charge is 0.229 e. The molecule has 0 bridgehead atoms. The Morgan fingerprint density at radius 3 is 2.75 bits per heavy atom. The average molecular weight is 377 g/mol. The first-order valence-electron chi connectivity index (χ1n) is 9.38. The number of nitrogens with one attached hydrogen (secondary N) is 1. The zero-order chi connectivity index (χ0) is 19.5. The molecule has 0 radical (unpaired) electrons. The van der Waals surface area contributed by atoms with E-state index in [4.69, 9.17) is 4.74 Å². The fourth-order valence-electron chi connectivity index (χ4n) is 3.43. The number of hydrogen-bond acceptors (Lipinski definition) is 6. The molecule has 7 nitrogen and oxygen atoms in total. The summed E-state index contributed by atoms with van der Waals surface area (Å²) in [6.07, 6.45) is 6.92. The van der Waals surface area contributed by atoms with Crippen LogP contribution in [-0.2, 0) is 4.79 Å². The van der Waals surface area contributed by atoms with Gasteiger partial charge in [-0.05, 0) is 50.7 Å². The Hall–Kier alpha value is -3.06. The van der Waals surface area contributed by atoms with Gasteiger partial charge < -0.3 is 9.64 Å². The number of aromatic nitrogens is 3. The third-order valence-electron chi connectivity index (χ3n) is 5.19. The van der Waals surface area contributed by atoms with Crippen molar-refractivity contribution in [3.05, 3.63) is 42.9 Å². The number of methoxy groups -OCH3 is 1. The lowest BCUT2D eigenvalue weighted by molar-refractivity contribution is -0.121. The standard InChI is InChI=1S/C21H23N5O2/c1-26-7-5-14(6-8-26)20(27)25-21-23-12-16-4-3-15(10-19(16)24-21)17-9-18(28-2)13-22-11-17/h3-4,9-14H,5-8H2,1-2H3,(H,23,24,25,27). The molecule has 28 heavy (non-hydrogen) atoms. The Labute approximate surface area is 163 Å². The third-order valence-corrected chi connectivity index (χ3v) is 5.19. The van der Waals surface area contributed by atoms with E-state index in [-0.39, 0.29) is 11.8 Å². The highest BCUT2D eigenvalue weighted by atomic mass is 16.5. The number of piperidine rings is 1. The van der Waals surface area contributed by atoms with Crippen LogP contribution in [0.15, 0.2) is 42.9 Å². The van der Waals surface area contributed by atoms with Crippen molar-refractivity contribution in [2.45, 2.75) is 12.8 Å². The van der Waals surface area contributed by atoms with Crippen molar-refractivity contribution in [2.75, 3.05) is 32.6 Å². The van der Waals surface area contributed by atoms with Crippen LogP contribution in [0.3, 0.4) is 0 Å². The summed E-state index contributed by atoms with van der Waals surface area (Å²) in [5, 5.41) is 3.80. The number of nitrogens with zero attached hydrogens (tertiary/aromatic N) is 4. The second kappa shape index (κ2) is 7.90. The number of ether oxygens (including phenoxy) is 1. The van der Waals surface area contributed by atoms with Gasteiger partial charge in [0.15, 0.2) is 0 Å². The summed E-state index contributed by atoms with van der Waals surface area (Å²) in [6.45, 7) is 1.88. The van der Waals surface area contributed by atoms with Gasteiger partial charge in [0, 0.05) is 29.3 Å².